The fourth-order valence-electron chi connectivity index (χ4n) is 3.78. The first kappa shape index (κ1) is 26.3. The van der Waals surface area contributed by atoms with Crippen molar-refractivity contribution in [3.63, 3.8) is 0 Å². The summed E-state index contributed by atoms with van der Waals surface area (Å²) in [6.45, 7) is 2.19. The van der Waals surface area contributed by atoms with E-state index in [1.165, 1.54) is 39.8 Å². The predicted octanol–water partition coefficient (Wildman–Crippen LogP) is -0.155. The van der Waals surface area contributed by atoms with Gasteiger partial charge in [-0.3, -0.25) is 0 Å². The molecule has 0 aromatic heterocycles. The first-order valence-corrected chi connectivity index (χ1v) is 10.5. The first-order chi connectivity index (χ1) is 12.8. The third kappa shape index (κ3) is 6.88. The minimum Gasteiger partial charge on any atom is -1.00 e. The molecule has 0 radical (unpaired) electrons. The summed E-state index contributed by atoms with van der Waals surface area (Å²) in [6, 6.07) is 21.8. The van der Waals surface area contributed by atoms with Gasteiger partial charge in [0, 0.05) is 0 Å². The average molecular weight is 475 g/mol. The molecule has 3 unspecified atom stereocenters. The number of benzene rings is 2. The molecule has 0 bridgehead atoms. The fourth-order valence-corrected chi connectivity index (χ4v) is 5.01. The Bertz CT molecular complexity index is 894. The van der Waals surface area contributed by atoms with Crippen LogP contribution in [0.25, 0.3) is 10.8 Å². The Morgan fingerprint density at radius 2 is 1.66 bits per heavy atom. The zero-order valence-electron chi connectivity index (χ0n) is 16.5. The normalized spacial score (nSPS) is 18.9. The summed E-state index contributed by atoms with van der Waals surface area (Å²) in [5, 5.41) is 5.58. The van der Waals surface area contributed by atoms with Gasteiger partial charge < -0.3 is 31.2 Å². The summed E-state index contributed by atoms with van der Waals surface area (Å²) in [4.78, 5) is 0. The van der Waals surface area contributed by atoms with Crippen LogP contribution < -0.4 is 35.4 Å². The third-order valence-corrected chi connectivity index (χ3v) is 6.69. The summed E-state index contributed by atoms with van der Waals surface area (Å²) in [5.74, 6) is 1.62. The first-order valence-electron chi connectivity index (χ1n) is 9.46. The van der Waals surface area contributed by atoms with Crippen molar-refractivity contribution in [1.29, 1.82) is 0 Å². The van der Waals surface area contributed by atoms with Crippen molar-refractivity contribution in [2.75, 3.05) is 0 Å². The van der Waals surface area contributed by atoms with E-state index in [2.05, 4.69) is 98.3 Å². The molecule has 1 fully saturated rings. The second-order valence-corrected chi connectivity index (χ2v) is 8.50. The minimum atomic E-state index is 0. The van der Waals surface area contributed by atoms with Crippen LogP contribution >= 0.6 is 8.58 Å². The van der Waals surface area contributed by atoms with Gasteiger partial charge in [0.2, 0.25) is 0 Å². The van der Waals surface area contributed by atoms with Gasteiger partial charge in [0.1, 0.15) is 0 Å². The number of hydrogen-bond acceptors (Lipinski definition) is 0. The van der Waals surface area contributed by atoms with Crippen LogP contribution in [0.3, 0.4) is 0 Å². The van der Waals surface area contributed by atoms with Crippen LogP contribution in [0.5, 0.6) is 0 Å². The van der Waals surface area contributed by atoms with Crippen molar-refractivity contribution in [2.45, 2.75) is 19.8 Å². The van der Waals surface area contributed by atoms with Crippen molar-refractivity contribution in [3.05, 3.63) is 97.0 Å². The van der Waals surface area contributed by atoms with Crippen LogP contribution in [0.4, 0.5) is 0 Å². The van der Waals surface area contributed by atoms with Gasteiger partial charge in [0.15, 0.2) is 0 Å². The molecule has 148 valence electrons. The van der Waals surface area contributed by atoms with Crippen molar-refractivity contribution < 1.29 is 46.5 Å². The Morgan fingerprint density at radius 3 is 2.41 bits per heavy atom. The fraction of sp³-hybridized carbons (Fsp3) is 0.200. The molecule has 0 nitrogen and oxygen atoms in total. The maximum atomic E-state index is 2.42. The molecule has 0 amide bonds. The van der Waals surface area contributed by atoms with Crippen molar-refractivity contribution >= 4 is 30.0 Å². The van der Waals surface area contributed by atoms with Crippen LogP contribution in [0, 0.1) is 25.2 Å². The Balaban J connectivity index is 0.000000302. The quantitative estimate of drug-likeness (QED) is 0.275. The molecule has 1 saturated carbocycles. The minimum absolute atomic E-state index is 0. The standard InChI is InChI=1S/C16H14P.C9H11.2ClH.Ti/c1-12-6-2-5-9-16(12)17-15-10-13-7-3-4-8-14(13)11-15;1-2-5-9-7-3-6-8(9)4-1;;;/h2-11,17H,1H3;1-2,4-6,8-9H,3,7H2;2*1H;/q2*-1;;;+4/p-2. The second kappa shape index (κ2) is 12.8. The Morgan fingerprint density at radius 1 is 0.931 bits per heavy atom. The predicted molar refractivity (Wildman–Crippen MR) is 117 cm³/mol. The number of hydrogen-bond donors (Lipinski definition) is 0. The number of aryl methyl sites for hydroxylation is 1. The largest absolute Gasteiger partial charge is 4.00 e. The van der Waals surface area contributed by atoms with E-state index >= 15 is 0 Å². The van der Waals surface area contributed by atoms with E-state index in [-0.39, 0.29) is 46.5 Å². The topological polar surface area (TPSA) is 0 Å². The Labute approximate surface area is 204 Å². The van der Waals surface area contributed by atoms with Gasteiger partial charge >= 0.3 is 21.7 Å². The zero-order valence-corrected chi connectivity index (χ0v) is 20.6. The average Bonchev–Trinajstić information content (AvgIpc) is 3.30. The second-order valence-electron chi connectivity index (χ2n) is 7.14. The van der Waals surface area contributed by atoms with Gasteiger partial charge in [-0.1, -0.05) is 63.6 Å². The molecule has 3 aromatic carbocycles. The molecule has 2 aliphatic carbocycles. The van der Waals surface area contributed by atoms with Gasteiger partial charge in [-0.15, -0.1) is 52.3 Å². The summed E-state index contributed by atoms with van der Waals surface area (Å²) >= 11 is 0. The molecule has 5 rings (SSSR count). The number of halogens is 2. The van der Waals surface area contributed by atoms with E-state index in [0.717, 1.165) is 20.4 Å². The molecular weight excluding hydrogens is 450 g/mol. The van der Waals surface area contributed by atoms with Crippen LogP contribution in [0.2, 0.25) is 0 Å². The SMILES string of the molecule is C1=CC2[CH-]CCC2C=C1.Cc1ccccc1Pc1cc2ccccc2[cH-]1.[Cl-].[Cl-].[Ti+4]. The molecule has 0 heterocycles. The van der Waals surface area contributed by atoms with Crippen LogP contribution in [-0.4, -0.2) is 0 Å². The van der Waals surface area contributed by atoms with E-state index < -0.39 is 0 Å². The van der Waals surface area contributed by atoms with Gasteiger partial charge in [-0.05, 0) is 23.7 Å². The third-order valence-electron chi connectivity index (χ3n) is 5.28. The van der Waals surface area contributed by atoms with E-state index in [0.29, 0.717) is 0 Å². The number of rotatable bonds is 2. The molecule has 0 saturated heterocycles. The molecule has 4 heteroatoms. The monoisotopic (exact) mass is 474 g/mol. The summed E-state index contributed by atoms with van der Waals surface area (Å²) < 4.78 is 0. The maximum absolute atomic E-state index is 2.42. The van der Waals surface area contributed by atoms with E-state index in [4.69, 9.17) is 0 Å². The maximum Gasteiger partial charge on any atom is 4.00 e. The van der Waals surface area contributed by atoms with Crippen LogP contribution in [-0.2, 0) is 21.7 Å². The zero-order chi connectivity index (χ0) is 17.8. The molecule has 29 heavy (non-hydrogen) atoms. The summed E-state index contributed by atoms with van der Waals surface area (Å²) in [6.07, 6.45) is 14.1. The van der Waals surface area contributed by atoms with Crippen LogP contribution in [0.1, 0.15) is 18.4 Å². The molecule has 0 N–H and O–H groups in total. The molecule has 0 spiro atoms. The number of allylic oxidation sites excluding steroid dienone is 4. The van der Waals surface area contributed by atoms with Gasteiger partial charge in [0.25, 0.3) is 0 Å². The van der Waals surface area contributed by atoms with E-state index in [9.17, 15) is 0 Å². The summed E-state index contributed by atoms with van der Waals surface area (Å²) in [7, 11) is 0.759. The van der Waals surface area contributed by atoms with Gasteiger partial charge in [-0.2, -0.15) is 12.5 Å². The van der Waals surface area contributed by atoms with Gasteiger partial charge in [0.05, 0.1) is 0 Å². The molecule has 3 atom stereocenters. The number of fused-ring (bicyclic) bond motifs is 2. The van der Waals surface area contributed by atoms with E-state index in [1.54, 1.807) is 0 Å². The molecular formula is C25H25Cl2PTi. The van der Waals surface area contributed by atoms with E-state index in [1.807, 2.05) is 0 Å². The van der Waals surface area contributed by atoms with Crippen molar-refractivity contribution in [3.8, 4) is 0 Å². The molecule has 3 aromatic rings. The van der Waals surface area contributed by atoms with Gasteiger partial charge in [-0.25, -0.2) is 0 Å². The Kier molecular flexibility index (Phi) is 11.6. The summed E-state index contributed by atoms with van der Waals surface area (Å²) in [5.41, 5.74) is 1.39. The van der Waals surface area contributed by atoms with Crippen molar-refractivity contribution in [2.24, 2.45) is 11.8 Å². The van der Waals surface area contributed by atoms with Crippen molar-refractivity contribution in [1.82, 2.24) is 0 Å². The smallest absolute Gasteiger partial charge is 1.00 e. The molecule has 2 aliphatic rings. The Hall–Kier alpha value is -0.746. The van der Waals surface area contributed by atoms with Crippen LogP contribution in [0.15, 0.2) is 85.0 Å². The molecule has 0 aliphatic heterocycles.